The zero-order valence-electron chi connectivity index (χ0n) is 33.1. The van der Waals surface area contributed by atoms with Gasteiger partial charge in [-0.05, 0) is 75.3 Å². The maximum atomic E-state index is 14.7. The van der Waals surface area contributed by atoms with E-state index in [1.807, 2.05) is 40.0 Å². The first-order valence-electron chi connectivity index (χ1n) is 19.5. The number of amides is 3. The van der Waals surface area contributed by atoms with Crippen molar-refractivity contribution >= 4 is 62.8 Å². The van der Waals surface area contributed by atoms with Crippen LogP contribution in [-0.4, -0.2) is 93.4 Å². The van der Waals surface area contributed by atoms with Crippen LogP contribution in [0.3, 0.4) is 0 Å². The van der Waals surface area contributed by atoms with Crippen molar-refractivity contribution in [3.05, 3.63) is 41.3 Å². The predicted octanol–water partition coefficient (Wildman–Crippen LogP) is 6.66. The third-order valence-electron chi connectivity index (χ3n) is 11.7. The molecule has 0 spiro atoms. The monoisotopic (exact) mass is 822 g/mol. The second-order valence-corrected chi connectivity index (χ2v) is 18.4. The number of aromatic nitrogens is 2. The topological polar surface area (TPSA) is 181 Å². The van der Waals surface area contributed by atoms with Gasteiger partial charge in [0.25, 0.3) is 0 Å². The summed E-state index contributed by atoms with van der Waals surface area (Å²) in [5.74, 6) is -1.11. The number of rotatable bonds is 13. The predicted molar refractivity (Wildman–Crippen MR) is 217 cm³/mol. The highest BCUT2D eigenvalue weighted by atomic mass is 35.5. The van der Waals surface area contributed by atoms with Gasteiger partial charge in [0, 0.05) is 35.2 Å². The minimum absolute atomic E-state index is 0.0284. The number of aliphatic carboxylic acids is 1. The minimum atomic E-state index is -1.53. The molecule has 8 atom stereocenters. The summed E-state index contributed by atoms with van der Waals surface area (Å²) in [5, 5.41) is 22.4. The number of ether oxygens (including phenoxy) is 3. The standard InChI is InChI=1S/C41H51ClN6O8S/c1-8-23-17-41(23,37(51)52)47-35(49)28-15-24(18-48(28)36(50)34(40(4,5)6)46-39(53)56-30-14-21-9-10-22(30)13-21)55-31-16-26(27-19-57-38(45-27)43-20(2)3)44-33-25(31)11-12-29(54-7)32(33)42/h8,11-12,16,19-24,28,30,34H,1,9-10,13-15,17-18H2,2-7H3,(H,43,45)(H,46,53)(H,47,49)(H,51,52)/t21?,22?,23-,24-,28+,30?,34-,41-/m1/s1. The lowest BCUT2D eigenvalue weighted by atomic mass is 9.85. The molecule has 2 aromatic heterocycles. The summed E-state index contributed by atoms with van der Waals surface area (Å²) in [6.07, 6.45) is 4.14. The first-order valence-corrected chi connectivity index (χ1v) is 20.8. The molecule has 1 aliphatic heterocycles. The van der Waals surface area contributed by atoms with Crippen molar-refractivity contribution in [2.24, 2.45) is 23.2 Å². The highest BCUT2D eigenvalue weighted by Gasteiger charge is 2.61. The fourth-order valence-electron chi connectivity index (χ4n) is 8.61. The first kappa shape index (κ1) is 40.6. The Morgan fingerprint density at radius 3 is 2.49 bits per heavy atom. The SMILES string of the molecule is C=C[C@@H]1C[C@]1(NC(=O)[C@@H]1C[C@@H](Oc2cc(-c3csc(NC(C)C)n3)nc3c(Cl)c(OC)ccc23)CN1C(=O)[C@@H](NC(=O)OC1CC2CCC1C2)C(C)(C)C)C(=O)O. The average molecular weight is 823 g/mol. The Balaban J connectivity index is 1.20. The molecule has 3 amide bonds. The molecule has 16 heteroatoms. The molecule has 1 aromatic carbocycles. The fraction of sp³-hybridized carbons (Fsp3) is 0.561. The summed E-state index contributed by atoms with van der Waals surface area (Å²) in [6, 6.07) is 3.20. The molecule has 3 heterocycles. The number of alkyl carbamates (subject to hydrolysis) is 1. The number of likely N-dealkylation sites (tertiary alicyclic amines) is 1. The number of fused-ring (bicyclic) bond motifs is 3. The molecule has 3 aromatic rings. The number of anilines is 1. The van der Waals surface area contributed by atoms with E-state index in [0.717, 1.165) is 30.8 Å². The number of carbonyl (C=O) groups is 4. The third kappa shape index (κ3) is 8.09. The van der Waals surface area contributed by atoms with Gasteiger partial charge in [0.2, 0.25) is 11.8 Å². The van der Waals surface area contributed by atoms with Crippen LogP contribution in [0.4, 0.5) is 9.93 Å². The lowest BCUT2D eigenvalue weighted by Crippen LogP contribution is -2.59. The molecule has 4 N–H and O–H groups in total. The molecule has 1 saturated heterocycles. The van der Waals surface area contributed by atoms with Crippen LogP contribution in [0.15, 0.2) is 36.2 Å². The number of hydrogen-bond donors (Lipinski definition) is 4. The number of halogens is 1. The number of benzene rings is 1. The van der Waals surface area contributed by atoms with Crippen LogP contribution in [0.2, 0.25) is 5.02 Å². The van der Waals surface area contributed by atoms with E-state index in [9.17, 15) is 24.3 Å². The quantitative estimate of drug-likeness (QED) is 0.135. The van der Waals surface area contributed by atoms with Crippen molar-refractivity contribution in [1.29, 1.82) is 0 Å². The van der Waals surface area contributed by atoms with E-state index < -0.39 is 58.9 Å². The van der Waals surface area contributed by atoms with Crippen molar-refractivity contribution in [3.63, 3.8) is 0 Å². The van der Waals surface area contributed by atoms with Crippen LogP contribution < -0.4 is 25.4 Å². The van der Waals surface area contributed by atoms with E-state index in [0.29, 0.717) is 45.6 Å². The Bertz CT molecular complexity index is 2090. The van der Waals surface area contributed by atoms with Crippen molar-refractivity contribution < 1.29 is 38.5 Å². The van der Waals surface area contributed by atoms with Crippen LogP contribution in [0, 0.1) is 23.2 Å². The largest absolute Gasteiger partial charge is 0.495 e. The number of methoxy groups -OCH3 is 1. The Morgan fingerprint density at radius 1 is 1.11 bits per heavy atom. The van der Waals surface area contributed by atoms with E-state index >= 15 is 0 Å². The van der Waals surface area contributed by atoms with Gasteiger partial charge in [0.15, 0.2) is 5.13 Å². The summed E-state index contributed by atoms with van der Waals surface area (Å²) in [4.78, 5) is 65.7. The zero-order chi connectivity index (χ0) is 41.0. The Morgan fingerprint density at radius 2 is 1.88 bits per heavy atom. The van der Waals surface area contributed by atoms with Gasteiger partial charge in [-0.2, -0.15) is 0 Å². The molecular weight excluding hydrogens is 772 g/mol. The number of nitrogens with one attached hydrogen (secondary N) is 3. The first-order chi connectivity index (χ1) is 27.0. The smallest absolute Gasteiger partial charge is 0.408 e. The molecule has 3 unspecified atom stereocenters. The maximum absolute atomic E-state index is 14.7. The molecule has 14 nitrogen and oxygen atoms in total. The van der Waals surface area contributed by atoms with E-state index in [2.05, 4.69) is 22.5 Å². The van der Waals surface area contributed by atoms with Gasteiger partial charge in [0.05, 0.1) is 24.9 Å². The molecule has 2 bridgehead atoms. The molecular formula is C41H51ClN6O8S. The molecule has 4 aliphatic rings. The maximum Gasteiger partial charge on any atom is 0.408 e. The zero-order valence-corrected chi connectivity index (χ0v) is 34.7. The number of carboxylic acid groups (broad SMARTS) is 1. The molecule has 3 aliphatic carbocycles. The van der Waals surface area contributed by atoms with Gasteiger partial charge >= 0.3 is 12.1 Å². The number of carboxylic acids is 1. The Labute approximate surface area is 341 Å². The van der Waals surface area contributed by atoms with Crippen molar-refractivity contribution in [2.75, 3.05) is 19.0 Å². The van der Waals surface area contributed by atoms with Crippen LogP contribution in [0.1, 0.15) is 73.1 Å². The number of nitrogens with zero attached hydrogens (tertiary/aromatic N) is 3. The lowest BCUT2D eigenvalue weighted by Gasteiger charge is -2.35. The number of thiazole rings is 1. The second-order valence-electron chi connectivity index (χ2n) is 17.2. The fourth-order valence-corrected chi connectivity index (χ4v) is 9.74. The molecule has 0 radical (unpaired) electrons. The molecule has 3 saturated carbocycles. The summed E-state index contributed by atoms with van der Waals surface area (Å²) in [7, 11) is 1.51. The highest BCUT2D eigenvalue weighted by Crippen LogP contribution is 2.47. The molecule has 7 rings (SSSR count). The van der Waals surface area contributed by atoms with Gasteiger partial charge in [-0.3, -0.25) is 9.59 Å². The Hall–Kier alpha value is -4.63. The van der Waals surface area contributed by atoms with Crippen LogP contribution in [0.25, 0.3) is 22.3 Å². The lowest BCUT2D eigenvalue weighted by molar-refractivity contribution is -0.146. The van der Waals surface area contributed by atoms with E-state index in [1.54, 1.807) is 18.2 Å². The molecule has 4 fully saturated rings. The van der Waals surface area contributed by atoms with Gasteiger partial charge in [0.1, 0.15) is 52.0 Å². The summed E-state index contributed by atoms with van der Waals surface area (Å²) in [6.45, 7) is 13.2. The summed E-state index contributed by atoms with van der Waals surface area (Å²) in [5.41, 5.74) is -0.832. The number of hydrogen-bond acceptors (Lipinski definition) is 11. The number of pyridine rings is 1. The van der Waals surface area contributed by atoms with Crippen LogP contribution in [0.5, 0.6) is 11.5 Å². The summed E-state index contributed by atoms with van der Waals surface area (Å²) >= 11 is 8.26. The van der Waals surface area contributed by atoms with Crippen molar-refractivity contribution in [1.82, 2.24) is 25.5 Å². The van der Waals surface area contributed by atoms with E-state index in [4.69, 9.17) is 35.8 Å². The van der Waals surface area contributed by atoms with Gasteiger partial charge in [-0.15, -0.1) is 17.9 Å². The van der Waals surface area contributed by atoms with E-state index in [-0.39, 0.29) is 36.6 Å². The highest BCUT2D eigenvalue weighted by molar-refractivity contribution is 7.14. The average Bonchev–Trinajstić information content (AvgIpc) is 3.67. The van der Waals surface area contributed by atoms with Crippen LogP contribution in [-0.2, 0) is 19.1 Å². The Kier molecular flexibility index (Phi) is 11.1. The third-order valence-corrected chi connectivity index (χ3v) is 12.9. The van der Waals surface area contributed by atoms with Crippen molar-refractivity contribution in [3.8, 4) is 22.9 Å². The van der Waals surface area contributed by atoms with Gasteiger partial charge in [-0.25, -0.2) is 19.6 Å². The molecule has 306 valence electrons. The second kappa shape index (κ2) is 15.6. The van der Waals surface area contributed by atoms with Gasteiger partial charge in [-0.1, -0.05) is 38.4 Å². The normalized spacial score (nSPS) is 26.9. The minimum Gasteiger partial charge on any atom is -0.495 e. The van der Waals surface area contributed by atoms with E-state index in [1.165, 1.54) is 29.4 Å². The van der Waals surface area contributed by atoms with Crippen molar-refractivity contribution in [2.45, 2.75) is 109 Å². The number of carbonyl (C=O) groups excluding carboxylic acids is 3. The molecule has 57 heavy (non-hydrogen) atoms. The van der Waals surface area contributed by atoms with Gasteiger partial charge < -0.3 is 40.2 Å². The summed E-state index contributed by atoms with van der Waals surface area (Å²) < 4.78 is 18.1. The van der Waals surface area contributed by atoms with Crippen LogP contribution >= 0.6 is 22.9 Å².